The van der Waals surface area contributed by atoms with Crippen LogP contribution in [-0.4, -0.2) is 5.66 Å². The third kappa shape index (κ3) is 4.15. The highest BCUT2D eigenvalue weighted by Gasteiger charge is 2.59. The number of hydrogen-bond acceptors (Lipinski definition) is 2. The molecule has 0 aromatic heterocycles. The average Bonchev–Trinajstić information content (AvgIpc) is 3.10. The Labute approximate surface area is 199 Å². The van der Waals surface area contributed by atoms with E-state index in [0.29, 0.717) is 16.7 Å². The second kappa shape index (κ2) is 9.03. The van der Waals surface area contributed by atoms with Crippen molar-refractivity contribution in [3.63, 3.8) is 0 Å². The molecule has 4 N–H and O–H groups in total. The Kier molecular flexibility index (Phi) is 6.99. The largest absolute Gasteiger partial charge is 0.313 e. The summed E-state index contributed by atoms with van der Waals surface area (Å²) in [6, 6.07) is 0. The highest BCUT2D eigenvalue weighted by atomic mass is 15.0. The molecule has 3 fully saturated rings. The van der Waals surface area contributed by atoms with Crippen molar-refractivity contribution in [1.82, 2.24) is 0 Å². The van der Waals surface area contributed by atoms with Gasteiger partial charge >= 0.3 is 0 Å². The molecule has 0 aliphatic heterocycles. The fourth-order valence-corrected chi connectivity index (χ4v) is 9.43. The second-order valence-corrected chi connectivity index (χ2v) is 13.7. The van der Waals surface area contributed by atoms with Crippen LogP contribution < -0.4 is 11.5 Å². The zero-order chi connectivity index (χ0) is 23.3. The van der Waals surface area contributed by atoms with Gasteiger partial charge < -0.3 is 11.5 Å². The Morgan fingerprint density at radius 3 is 2.44 bits per heavy atom. The number of rotatable bonds is 7. The van der Waals surface area contributed by atoms with Crippen LogP contribution in [-0.2, 0) is 0 Å². The standard InChI is InChI=1S/C30H54N2/c1-7-30(31,32)23-15-17-28(5)22(19-23)11-12-24-26-14-13-25(21(4)10-8-9-20(2)3)29(26,6)18-16-27(24)28/h11,20-21,23-27H,7-10,12-19,31-32H2,1-6H3/t21-,23?,24?,25-,26?,27?,28+,29-/m1/s1. The van der Waals surface area contributed by atoms with Gasteiger partial charge in [0.25, 0.3) is 0 Å². The third-order valence-corrected chi connectivity index (χ3v) is 11.7. The van der Waals surface area contributed by atoms with Crippen LogP contribution in [0.3, 0.4) is 0 Å². The molecule has 0 spiro atoms. The van der Waals surface area contributed by atoms with Crippen molar-refractivity contribution in [2.24, 2.45) is 63.7 Å². The number of allylic oxidation sites excluding steroid dienone is 2. The summed E-state index contributed by atoms with van der Waals surface area (Å²) in [5.41, 5.74) is 15.3. The van der Waals surface area contributed by atoms with Crippen LogP contribution in [0.5, 0.6) is 0 Å². The number of nitrogens with two attached hydrogens (primary N) is 2. The van der Waals surface area contributed by atoms with Crippen LogP contribution in [0.15, 0.2) is 11.6 Å². The molecule has 2 nitrogen and oxygen atoms in total. The van der Waals surface area contributed by atoms with Gasteiger partial charge in [-0.1, -0.05) is 72.5 Å². The maximum Gasteiger partial charge on any atom is 0.0666 e. The van der Waals surface area contributed by atoms with Gasteiger partial charge in [-0.2, -0.15) is 0 Å². The van der Waals surface area contributed by atoms with Gasteiger partial charge in [0.2, 0.25) is 0 Å². The molecule has 32 heavy (non-hydrogen) atoms. The molecule has 4 unspecified atom stereocenters. The maximum absolute atomic E-state index is 6.52. The van der Waals surface area contributed by atoms with E-state index in [4.69, 9.17) is 11.5 Å². The van der Waals surface area contributed by atoms with Crippen LogP contribution >= 0.6 is 0 Å². The minimum Gasteiger partial charge on any atom is -0.313 e. The molecule has 0 saturated heterocycles. The van der Waals surface area contributed by atoms with Crippen molar-refractivity contribution in [2.75, 3.05) is 0 Å². The molecule has 3 saturated carbocycles. The predicted molar refractivity (Wildman–Crippen MR) is 138 cm³/mol. The fourth-order valence-electron chi connectivity index (χ4n) is 9.43. The predicted octanol–water partition coefficient (Wildman–Crippen LogP) is 7.67. The first-order chi connectivity index (χ1) is 15.0. The smallest absolute Gasteiger partial charge is 0.0666 e. The van der Waals surface area contributed by atoms with E-state index < -0.39 is 5.66 Å². The lowest BCUT2D eigenvalue weighted by Gasteiger charge is -2.59. The normalized spacial score (nSPS) is 42.8. The molecular formula is C30H54N2. The first kappa shape index (κ1) is 24.8. The van der Waals surface area contributed by atoms with Crippen LogP contribution in [0.2, 0.25) is 0 Å². The highest BCUT2D eigenvalue weighted by molar-refractivity contribution is 5.26. The van der Waals surface area contributed by atoms with Gasteiger partial charge in [0.1, 0.15) is 0 Å². The van der Waals surface area contributed by atoms with E-state index in [-0.39, 0.29) is 0 Å². The Balaban J connectivity index is 1.48. The van der Waals surface area contributed by atoms with Crippen molar-refractivity contribution >= 4 is 0 Å². The van der Waals surface area contributed by atoms with E-state index in [2.05, 4.69) is 47.6 Å². The van der Waals surface area contributed by atoms with E-state index >= 15 is 0 Å². The van der Waals surface area contributed by atoms with Crippen molar-refractivity contribution in [2.45, 2.75) is 124 Å². The minimum atomic E-state index is -0.492. The van der Waals surface area contributed by atoms with Crippen LogP contribution in [0, 0.1) is 52.3 Å². The highest BCUT2D eigenvalue weighted by Crippen LogP contribution is 2.67. The molecule has 0 amide bonds. The average molecular weight is 443 g/mol. The molecule has 2 heteroatoms. The van der Waals surface area contributed by atoms with Gasteiger partial charge in [-0.3, -0.25) is 0 Å². The summed E-state index contributed by atoms with van der Waals surface area (Å²) < 4.78 is 0. The van der Waals surface area contributed by atoms with E-state index in [1.54, 1.807) is 5.57 Å². The lowest BCUT2D eigenvalue weighted by molar-refractivity contribution is -0.0549. The topological polar surface area (TPSA) is 52.0 Å². The first-order valence-corrected chi connectivity index (χ1v) is 14.3. The van der Waals surface area contributed by atoms with Gasteiger partial charge in [-0.05, 0) is 110 Å². The van der Waals surface area contributed by atoms with Gasteiger partial charge in [0.15, 0.2) is 0 Å². The molecule has 0 aromatic rings. The lowest BCUT2D eigenvalue weighted by atomic mass is 9.46. The molecule has 4 aliphatic rings. The fraction of sp³-hybridized carbons (Fsp3) is 0.933. The lowest BCUT2D eigenvalue weighted by Crippen LogP contribution is -2.58. The van der Waals surface area contributed by atoms with Crippen molar-refractivity contribution in [3.8, 4) is 0 Å². The summed E-state index contributed by atoms with van der Waals surface area (Å²) in [7, 11) is 0. The monoisotopic (exact) mass is 442 g/mol. The summed E-state index contributed by atoms with van der Waals surface area (Å²) >= 11 is 0. The SMILES string of the molecule is CCC(N)(N)C1CC[C@@]2(C)C(=CCC3C2CC[C@@]2(C)C3CC[C@@H]2[C@H](C)CCCC(C)C)C1. The summed E-state index contributed by atoms with van der Waals surface area (Å²) in [5, 5.41) is 0. The number of fused-ring (bicyclic) bond motifs is 5. The van der Waals surface area contributed by atoms with Gasteiger partial charge in [-0.25, -0.2) is 0 Å². The Bertz CT molecular complexity index is 693. The summed E-state index contributed by atoms with van der Waals surface area (Å²) in [6.07, 6.45) is 18.7. The second-order valence-electron chi connectivity index (χ2n) is 13.7. The van der Waals surface area contributed by atoms with Gasteiger partial charge in [-0.15, -0.1) is 0 Å². The summed E-state index contributed by atoms with van der Waals surface area (Å²) in [6.45, 7) is 14.8. The molecule has 0 aromatic carbocycles. The minimum absolute atomic E-state index is 0.408. The van der Waals surface area contributed by atoms with Crippen molar-refractivity contribution in [1.29, 1.82) is 0 Å². The van der Waals surface area contributed by atoms with E-state index in [1.807, 2.05) is 0 Å². The summed E-state index contributed by atoms with van der Waals surface area (Å²) in [5.74, 6) is 5.92. The van der Waals surface area contributed by atoms with E-state index in [9.17, 15) is 0 Å². The van der Waals surface area contributed by atoms with Crippen LogP contribution in [0.4, 0.5) is 0 Å². The van der Waals surface area contributed by atoms with E-state index in [1.165, 1.54) is 64.2 Å². The quantitative estimate of drug-likeness (QED) is 0.314. The van der Waals surface area contributed by atoms with Crippen LogP contribution in [0.25, 0.3) is 0 Å². The maximum atomic E-state index is 6.52. The number of hydrogen-bond donors (Lipinski definition) is 2. The van der Waals surface area contributed by atoms with Crippen LogP contribution in [0.1, 0.15) is 119 Å². The Morgan fingerprint density at radius 1 is 1.00 bits per heavy atom. The molecular weight excluding hydrogens is 388 g/mol. The Hall–Kier alpha value is -0.340. The molecule has 0 radical (unpaired) electrons. The summed E-state index contributed by atoms with van der Waals surface area (Å²) in [4.78, 5) is 0. The molecule has 4 rings (SSSR count). The molecule has 184 valence electrons. The third-order valence-electron chi connectivity index (χ3n) is 11.7. The zero-order valence-corrected chi connectivity index (χ0v) is 22.3. The first-order valence-electron chi connectivity index (χ1n) is 14.3. The molecule has 0 heterocycles. The van der Waals surface area contributed by atoms with Gasteiger partial charge in [0.05, 0.1) is 5.66 Å². The molecule has 4 aliphatic carbocycles. The Morgan fingerprint density at radius 2 is 1.75 bits per heavy atom. The van der Waals surface area contributed by atoms with E-state index in [0.717, 1.165) is 48.3 Å². The molecule has 8 atom stereocenters. The van der Waals surface area contributed by atoms with Gasteiger partial charge in [0, 0.05) is 0 Å². The molecule has 0 bridgehead atoms. The van der Waals surface area contributed by atoms with Crippen molar-refractivity contribution < 1.29 is 0 Å². The van der Waals surface area contributed by atoms with Crippen molar-refractivity contribution in [3.05, 3.63) is 11.6 Å². The zero-order valence-electron chi connectivity index (χ0n) is 22.3.